The number of carbonyl (C=O) groups is 1. The van der Waals surface area contributed by atoms with E-state index in [1.165, 1.54) is 0 Å². The van der Waals surface area contributed by atoms with Gasteiger partial charge in [-0.2, -0.15) is 0 Å². The standard InChI is InChI=1S/C17H23N3O2.2ClH/c1-12(11-18)20(3)16(21)10-9-15-19-13(2)17(22-15)14-7-5-4-6-8-14;;/h4-8,12H,9-11,18H2,1-3H3;2*1H. The summed E-state index contributed by atoms with van der Waals surface area (Å²) in [6.45, 7) is 4.30. The fraction of sp³-hybridized carbons (Fsp3) is 0.412. The van der Waals surface area contributed by atoms with Crippen molar-refractivity contribution in [2.45, 2.75) is 32.7 Å². The van der Waals surface area contributed by atoms with E-state index in [1.54, 1.807) is 11.9 Å². The second-order valence-corrected chi connectivity index (χ2v) is 5.48. The molecule has 134 valence electrons. The lowest BCUT2D eigenvalue weighted by Crippen LogP contribution is -2.39. The molecular weight excluding hydrogens is 349 g/mol. The number of halogens is 2. The first kappa shape index (κ1) is 22.4. The highest BCUT2D eigenvalue weighted by molar-refractivity contribution is 5.85. The second kappa shape index (κ2) is 10.3. The van der Waals surface area contributed by atoms with Crippen LogP contribution in [-0.2, 0) is 11.2 Å². The molecule has 2 rings (SSSR count). The first-order valence-corrected chi connectivity index (χ1v) is 7.50. The van der Waals surface area contributed by atoms with E-state index in [0.29, 0.717) is 25.3 Å². The zero-order valence-electron chi connectivity index (χ0n) is 14.2. The average molecular weight is 374 g/mol. The van der Waals surface area contributed by atoms with Gasteiger partial charge in [-0.3, -0.25) is 4.79 Å². The number of hydrogen-bond donors (Lipinski definition) is 1. The van der Waals surface area contributed by atoms with Gasteiger partial charge in [0, 0.05) is 38.0 Å². The largest absolute Gasteiger partial charge is 0.440 e. The molecule has 1 aromatic heterocycles. The van der Waals surface area contributed by atoms with Crippen molar-refractivity contribution in [3.05, 3.63) is 41.9 Å². The van der Waals surface area contributed by atoms with Crippen molar-refractivity contribution >= 4 is 30.7 Å². The highest BCUT2D eigenvalue weighted by Crippen LogP contribution is 2.24. The van der Waals surface area contributed by atoms with Crippen LogP contribution in [0.5, 0.6) is 0 Å². The van der Waals surface area contributed by atoms with Gasteiger partial charge in [-0.1, -0.05) is 30.3 Å². The summed E-state index contributed by atoms with van der Waals surface area (Å²) in [5.41, 5.74) is 7.42. The van der Waals surface area contributed by atoms with Crippen LogP contribution in [0.3, 0.4) is 0 Å². The van der Waals surface area contributed by atoms with E-state index in [0.717, 1.165) is 17.0 Å². The topological polar surface area (TPSA) is 72.4 Å². The van der Waals surface area contributed by atoms with E-state index in [-0.39, 0.29) is 36.8 Å². The molecule has 0 spiro atoms. The molecule has 0 aliphatic rings. The molecule has 0 fully saturated rings. The summed E-state index contributed by atoms with van der Waals surface area (Å²) in [7, 11) is 1.77. The summed E-state index contributed by atoms with van der Waals surface area (Å²) >= 11 is 0. The van der Waals surface area contributed by atoms with Gasteiger partial charge in [-0.25, -0.2) is 4.98 Å². The maximum absolute atomic E-state index is 12.1. The maximum atomic E-state index is 12.1. The number of likely N-dealkylation sites (N-methyl/N-ethyl adjacent to an activating group) is 1. The Morgan fingerprint density at radius 1 is 1.29 bits per heavy atom. The van der Waals surface area contributed by atoms with E-state index in [4.69, 9.17) is 10.2 Å². The molecule has 0 saturated carbocycles. The Morgan fingerprint density at radius 2 is 1.92 bits per heavy atom. The molecule has 1 amide bonds. The zero-order valence-corrected chi connectivity index (χ0v) is 15.8. The van der Waals surface area contributed by atoms with Gasteiger partial charge in [0.2, 0.25) is 5.91 Å². The summed E-state index contributed by atoms with van der Waals surface area (Å²) in [4.78, 5) is 18.2. The molecule has 2 N–H and O–H groups in total. The summed E-state index contributed by atoms with van der Waals surface area (Å²) in [5, 5.41) is 0. The predicted molar refractivity (Wildman–Crippen MR) is 101 cm³/mol. The normalized spacial score (nSPS) is 11.2. The fourth-order valence-corrected chi connectivity index (χ4v) is 2.21. The molecule has 1 atom stereocenters. The third-order valence-electron chi connectivity index (χ3n) is 3.83. The summed E-state index contributed by atoms with van der Waals surface area (Å²) in [5.74, 6) is 1.42. The fourth-order valence-electron chi connectivity index (χ4n) is 2.21. The molecule has 1 heterocycles. The molecular formula is C17H25Cl2N3O2. The highest BCUT2D eigenvalue weighted by Gasteiger charge is 2.17. The van der Waals surface area contributed by atoms with Gasteiger partial charge < -0.3 is 15.1 Å². The smallest absolute Gasteiger partial charge is 0.223 e. The Morgan fingerprint density at radius 3 is 2.50 bits per heavy atom. The van der Waals surface area contributed by atoms with Crippen LogP contribution in [0.4, 0.5) is 0 Å². The maximum Gasteiger partial charge on any atom is 0.223 e. The number of rotatable bonds is 6. The molecule has 0 aliphatic carbocycles. The number of carbonyl (C=O) groups excluding carboxylic acids is 1. The van der Waals surface area contributed by atoms with Gasteiger partial charge in [-0.05, 0) is 13.8 Å². The number of nitrogens with zero attached hydrogens (tertiary/aromatic N) is 2. The first-order valence-electron chi connectivity index (χ1n) is 7.50. The van der Waals surface area contributed by atoms with Crippen LogP contribution in [0, 0.1) is 6.92 Å². The van der Waals surface area contributed by atoms with Crippen LogP contribution >= 0.6 is 24.8 Å². The molecule has 1 aromatic carbocycles. The van der Waals surface area contributed by atoms with Crippen LogP contribution in [0.15, 0.2) is 34.7 Å². The molecule has 0 aliphatic heterocycles. The highest BCUT2D eigenvalue weighted by atomic mass is 35.5. The van der Waals surface area contributed by atoms with Crippen LogP contribution in [0.1, 0.15) is 24.9 Å². The van der Waals surface area contributed by atoms with Crippen molar-refractivity contribution in [3.63, 3.8) is 0 Å². The monoisotopic (exact) mass is 373 g/mol. The van der Waals surface area contributed by atoms with Crippen LogP contribution in [0.2, 0.25) is 0 Å². The number of amides is 1. The number of aromatic nitrogens is 1. The molecule has 1 unspecified atom stereocenters. The van der Waals surface area contributed by atoms with Crippen LogP contribution in [-0.4, -0.2) is 35.4 Å². The zero-order chi connectivity index (χ0) is 16.1. The Kier molecular flexibility index (Phi) is 9.66. The van der Waals surface area contributed by atoms with Gasteiger partial charge in [0.25, 0.3) is 0 Å². The Hall–Kier alpha value is -1.56. The summed E-state index contributed by atoms with van der Waals surface area (Å²) in [6, 6.07) is 9.90. The van der Waals surface area contributed by atoms with Gasteiger partial charge in [0.1, 0.15) is 0 Å². The van der Waals surface area contributed by atoms with E-state index in [1.807, 2.05) is 44.2 Å². The Labute approximate surface area is 155 Å². The van der Waals surface area contributed by atoms with Crippen molar-refractivity contribution in [1.82, 2.24) is 9.88 Å². The quantitative estimate of drug-likeness (QED) is 0.843. The number of aryl methyl sites for hydroxylation is 2. The minimum Gasteiger partial charge on any atom is -0.440 e. The van der Waals surface area contributed by atoms with Crippen LogP contribution < -0.4 is 5.73 Å². The second-order valence-electron chi connectivity index (χ2n) is 5.48. The lowest BCUT2D eigenvalue weighted by Gasteiger charge is -2.23. The minimum absolute atomic E-state index is 0. The summed E-state index contributed by atoms with van der Waals surface area (Å²) in [6.07, 6.45) is 0.864. The van der Waals surface area contributed by atoms with Crippen molar-refractivity contribution in [2.24, 2.45) is 5.73 Å². The number of nitrogens with two attached hydrogens (primary N) is 1. The van der Waals surface area contributed by atoms with Crippen molar-refractivity contribution in [1.29, 1.82) is 0 Å². The third-order valence-corrected chi connectivity index (χ3v) is 3.83. The SMILES string of the molecule is Cc1nc(CCC(=O)N(C)C(C)CN)oc1-c1ccccc1.Cl.Cl. The molecule has 0 radical (unpaired) electrons. The van der Waals surface area contributed by atoms with Gasteiger partial charge in [0.15, 0.2) is 11.7 Å². The van der Waals surface area contributed by atoms with Gasteiger partial charge >= 0.3 is 0 Å². The van der Waals surface area contributed by atoms with Crippen molar-refractivity contribution < 1.29 is 9.21 Å². The number of hydrogen-bond acceptors (Lipinski definition) is 4. The predicted octanol–water partition coefficient (Wildman–Crippen LogP) is 3.23. The van der Waals surface area contributed by atoms with E-state index in [2.05, 4.69) is 4.98 Å². The summed E-state index contributed by atoms with van der Waals surface area (Å²) < 4.78 is 5.81. The van der Waals surface area contributed by atoms with E-state index < -0.39 is 0 Å². The Balaban J connectivity index is 0.00000264. The first-order chi connectivity index (χ1) is 10.5. The lowest BCUT2D eigenvalue weighted by atomic mass is 10.1. The lowest BCUT2D eigenvalue weighted by molar-refractivity contribution is -0.131. The molecule has 24 heavy (non-hydrogen) atoms. The van der Waals surface area contributed by atoms with Crippen molar-refractivity contribution in [2.75, 3.05) is 13.6 Å². The molecule has 7 heteroatoms. The van der Waals surface area contributed by atoms with E-state index >= 15 is 0 Å². The van der Waals surface area contributed by atoms with Crippen molar-refractivity contribution in [3.8, 4) is 11.3 Å². The Bertz CT molecular complexity index is 632. The van der Waals surface area contributed by atoms with Crippen LogP contribution in [0.25, 0.3) is 11.3 Å². The van der Waals surface area contributed by atoms with E-state index in [9.17, 15) is 4.79 Å². The molecule has 0 bridgehead atoms. The number of benzene rings is 1. The average Bonchev–Trinajstić information content (AvgIpc) is 2.92. The van der Waals surface area contributed by atoms with Gasteiger partial charge in [0.05, 0.1) is 5.69 Å². The molecule has 5 nitrogen and oxygen atoms in total. The molecule has 2 aromatic rings. The van der Waals surface area contributed by atoms with Gasteiger partial charge in [-0.15, -0.1) is 24.8 Å². The third kappa shape index (κ3) is 5.51. The molecule has 0 saturated heterocycles. The minimum atomic E-state index is 0. The number of oxazole rings is 1.